The molecule has 0 saturated carbocycles. The summed E-state index contributed by atoms with van der Waals surface area (Å²) in [5.74, 6) is -0.152. The van der Waals surface area contributed by atoms with E-state index in [0.717, 1.165) is 5.69 Å². The molecule has 1 amide bonds. The number of aromatic nitrogens is 2. The minimum absolute atomic E-state index is 0.202. The molecule has 5 nitrogen and oxygen atoms in total. The number of carbonyl (C=O) groups is 1. The van der Waals surface area contributed by atoms with Gasteiger partial charge in [0, 0.05) is 37.2 Å². The number of para-hydroxylation sites is 1. The monoisotopic (exact) mass is 336 g/mol. The topological polar surface area (TPSA) is 58.1 Å². The van der Waals surface area contributed by atoms with Crippen LogP contribution in [0.15, 0.2) is 67.0 Å². The van der Waals surface area contributed by atoms with Crippen molar-refractivity contribution in [1.82, 2.24) is 9.97 Å². The standard InChI is InChI=1S/C19H17FN4O/c1-24(16-8-3-2-4-9-16)18(25)15-12-22-19(23-13-15)21-11-14-7-5-6-10-17(14)20/h2-10,12-13H,11H2,1H3,(H,21,22,23). The molecule has 1 heterocycles. The second kappa shape index (κ2) is 7.53. The zero-order valence-electron chi connectivity index (χ0n) is 13.7. The maximum atomic E-state index is 13.6. The number of hydrogen-bond acceptors (Lipinski definition) is 4. The Morgan fingerprint density at radius 2 is 1.68 bits per heavy atom. The van der Waals surface area contributed by atoms with Gasteiger partial charge in [0.1, 0.15) is 5.82 Å². The minimum Gasteiger partial charge on any atom is -0.350 e. The SMILES string of the molecule is CN(C(=O)c1cnc(NCc2ccccc2F)nc1)c1ccccc1. The Morgan fingerprint density at radius 3 is 2.36 bits per heavy atom. The first-order chi connectivity index (χ1) is 12.1. The van der Waals surface area contributed by atoms with Gasteiger partial charge < -0.3 is 10.2 Å². The van der Waals surface area contributed by atoms with Crippen LogP contribution in [0.4, 0.5) is 16.0 Å². The summed E-state index contributed by atoms with van der Waals surface area (Å²) in [6.07, 6.45) is 2.91. The van der Waals surface area contributed by atoms with Gasteiger partial charge >= 0.3 is 0 Å². The number of hydrogen-bond donors (Lipinski definition) is 1. The first-order valence-corrected chi connectivity index (χ1v) is 7.77. The number of nitrogens with one attached hydrogen (secondary N) is 1. The van der Waals surface area contributed by atoms with Crippen LogP contribution in [0.25, 0.3) is 0 Å². The summed E-state index contributed by atoms with van der Waals surface area (Å²) in [5, 5.41) is 2.94. The second-order valence-corrected chi connectivity index (χ2v) is 5.44. The molecule has 0 bridgehead atoms. The van der Waals surface area contributed by atoms with Crippen LogP contribution < -0.4 is 10.2 Å². The minimum atomic E-state index is -0.286. The Labute approximate surface area is 145 Å². The van der Waals surface area contributed by atoms with Gasteiger partial charge in [0.15, 0.2) is 0 Å². The highest BCUT2D eigenvalue weighted by Crippen LogP contribution is 2.15. The molecule has 0 atom stereocenters. The second-order valence-electron chi connectivity index (χ2n) is 5.44. The Balaban J connectivity index is 1.66. The zero-order valence-corrected chi connectivity index (χ0v) is 13.7. The van der Waals surface area contributed by atoms with Gasteiger partial charge in [-0.1, -0.05) is 36.4 Å². The number of rotatable bonds is 5. The van der Waals surface area contributed by atoms with E-state index in [2.05, 4.69) is 15.3 Å². The highest BCUT2D eigenvalue weighted by atomic mass is 19.1. The highest BCUT2D eigenvalue weighted by Gasteiger charge is 2.14. The molecule has 3 rings (SSSR count). The van der Waals surface area contributed by atoms with Gasteiger partial charge in [-0.3, -0.25) is 4.79 Å². The number of halogens is 1. The molecular weight excluding hydrogens is 319 g/mol. The first-order valence-electron chi connectivity index (χ1n) is 7.77. The van der Waals surface area contributed by atoms with E-state index in [1.165, 1.54) is 23.4 Å². The summed E-state index contributed by atoms with van der Waals surface area (Å²) in [6, 6.07) is 15.8. The van der Waals surface area contributed by atoms with Gasteiger partial charge in [0.2, 0.25) is 5.95 Å². The molecule has 0 spiro atoms. The van der Waals surface area contributed by atoms with Gasteiger partial charge in [-0.15, -0.1) is 0 Å². The number of amides is 1. The van der Waals surface area contributed by atoms with Crippen LogP contribution in [0, 0.1) is 5.82 Å². The largest absolute Gasteiger partial charge is 0.350 e. The molecule has 0 aliphatic rings. The van der Waals surface area contributed by atoms with Crippen LogP contribution >= 0.6 is 0 Å². The van der Waals surface area contributed by atoms with E-state index in [9.17, 15) is 9.18 Å². The molecule has 126 valence electrons. The van der Waals surface area contributed by atoms with Crippen LogP contribution in [0.1, 0.15) is 15.9 Å². The molecule has 0 aliphatic carbocycles. The summed E-state index contributed by atoms with van der Waals surface area (Å²) in [7, 11) is 1.70. The molecule has 0 aliphatic heterocycles. The van der Waals surface area contributed by atoms with Crippen LogP contribution in [0.3, 0.4) is 0 Å². The highest BCUT2D eigenvalue weighted by molar-refractivity contribution is 6.05. The molecule has 0 radical (unpaired) electrons. The summed E-state index contributed by atoms with van der Waals surface area (Å²) in [6.45, 7) is 0.268. The predicted octanol–water partition coefficient (Wildman–Crippen LogP) is 3.50. The van der Waals surface area contributed by atoms with Crippen LogP contribution in [-0.2, 0) is 6.54 Å². The lowest BCUT2D eigenvalue weighted by molar-refractivity contribution is 0.0992. The third-order valence-corrected chi connectivity index (χ3v) is 3.74. The van der Waals surface area contributed by atoms with Gasteiger partial charge in [0.05, 0.1) is 5.56 Å². The molecule has 0 unspecified atom stereocenters. The quantitative estimate of drug-likeness (QED) is 0.775. The lowest BCUT2D eigenvalue weighted by atomic mass is 10.2. The predicted molar refractivity (Wildman–Crippen MR) is 94.9 cm³/mol. The van der Waals surface area contributed by atoms with E-state index < -0.39 is 0 Å². The summed E-state index contributed by atoms with van der Waals surface area (Å²) in [5.41, 5.74) is 1.69. The molecule has 6 heteroatoms. The summed E-state index contributed by atoms with van der Waals surface area (Å²) in [4.78, 5) is 22.2. The third-order valence-electron chi connectivity index (χ3n) is 3.74. The Bertz CT molecular complexity index is 853. The number of anilines is 2. The fraction of sp³-hybridized carbons (Fsp3) is 0.105. The van der Waals surface area contributed by atoms with E-state index in [-0.39, 0.29) is 18.3 Å². The van der Waals surface area contributed by atoms with Crippen molar-refractivity contribution >= 4 is 17.5 Å². The lowest BCUT2D eigenvalue weighted by Crippen LogP contribution is -2.26. The van der Waals surface area contributed by atoms with Crippen molar-refractivity contribution in [3.8, 4) is 0 Å². The van der Waals surface area contributed by atoms with Crippen LogP contribution in [0.2, 0.25) is 0 Å². The average Bonchev–Trinajstić information content (AvgIpc) is 2.67. The third kappa shape index (κ3) is 3.98. The van der Waals surface area contributed by atoms with Crippen molar-refractivity contribution in [2.45, 2.75) is 6.54 Å². The average molecular weight is 336 g/mol. The van der Waals surface area contributed by atoms with Crippen LogP contribution in [-0.4, -0.2) is 22.9 Å². The number of carbonyl (C=O) groups excluding carboxylic acids is 1. The molecular formula is C19H17FN4O. The Morgan fingerprint density at radius 1 is 1.04 bits per heavy atom. The summed E-state index contributed by atoms with van der Waals surface area (Å²) >= 11 is 0. The van der Waals surface area contributed by atoms with Crippen molar-refractivity contribution in [1.29, 1.82) is 0 Å². The van der Waals surface area contributed by atoms with E-state index in [1.807, 2.05) is 30.3 Å². The smallest absolute Gasteiger partial charge is 0.261 e. The van der Waals surface area contributed by atoms with Gasteiger partial charge in [-0.05, 0) is 18.2 Å². The van der Waals surface area contributed by atoms with Crippen molar-refractivity contribution < 1.29 is 9.18 Å². The van der Waals surface area contributed by atoms with Crippen molar-refractivity contribution in [2.24, 2.45) is 0 Å². The number of nitrogens with zero attached hydrogens (tertiary/aromatic N) is 3. The lowest BCUT2D eigenvalue weighted by Gasteiger charge is -2.17. The fourth-order valence-electron chi connectivity index (χ4n) is 2.31. The first kappa shape index (κ1) is 16.6. The fourth-order valence-corrected chi connectivity index (χ4v) is 2.31. The maximum absolute atomic E-state index is 13.6. The van der Waals surface area contributed by atoms with Gasteiger partial charge in [-0.2, -0.15) is 0 Å². The molecule has 1 aromatic heterocycles. The van der Waals surface area contributed by atoms with E-state index in [0.29, 0.717) is 17.1 Å². The van der Waals surface area contributed by atoms with E-state index >= 15 is 0 Å². The Kier molecular flexibility index (Phi) is 4.99. The van der Waals surface area contributed by atoms with E-state index in [4.69, 9.17) is 0 Å². The van der Waals surface area contributed by atoms with Crippen LogP contribution in [0.5, 0.6) is 0 Å². The Hall–Kier alpha value is -3.28. The molecule has 1 N–H and O–H groups in total. The normalized spacial score (nSPS) is 10.3. The maximum Gasteiger partial charge on any atom is 0.261 e. The van der Waals surface area contributed by atoms with Gasteiger partial charge in [0.25, 0.3) is 5.91 Å². The van der Waals surface area contributed by atoms with Crippen molar-refractivity contribution in [2.75, 3.05) is 17.3 Å². The molecule has 2 aromatic carbocycles. The van der Waals surface area contributed by atoms with Gasteiger partial charge in [-0.25, -0.2) is 14.4 Å². The van der Waals surface area contributed by atoms with E-state index in [1.54, 1.807) is 25.2 Å². The van der Waals surface area contributed by atoms with Crippen molar-refractivity contribution in [3.63, 3.8) is 0 Å². The molecule has 0 saturated heterocycles. The number of benzene rings is 2. The molecule has 0 fully saturated rings. The molecule has 25 heavy (non-hydrogen) atoms. The zero-order chi connectivity index (χ0) is 17.6. The van der Waals surface area contributed by atoms with Crippen molar-refractivity contribution in [3.05, 3.63) is 83.9 Å². The molecule has 3 aromatic rings. The summed E-state index contributed by atoms with van der Waals surface area (Å²) < 4.78 is 13.6.